The predicted molar refractivity (Wildman–Crippen MR) is 101 cm³/mol. The van der Waals surface area contributed by atoms with E-state index in [1.54, 1.807) is 24.3 Å². The van der Waals surface area contributed by atoms with Crippen LogP contribution in [0.1, 0.15) is 31.2 Å². The van der Waals surface area contributed by atoms with Gasteiger partial charge in [0.1, 0.15) is 5.75 Å². The summed E-state index contributed by atoms with van der Waals surface area (Å²) in [4.78, 5) is 23.7. The van der Waals surface area contributed by atoms with Gasteiger partial charge in [-0.1, -0.05) is 43.2 Å². The number of carboxylic acids is 1. The van der Waals surface area contributed by atoms with Crippen molar-refractivity contribution in [3.63, 3.8) is 0 Å². The van der Waals surface area contributed by atoms with Gasteiger partial charge in [0.25, 0.3) is 0 Å². The quantitative estimate of drug-likeness (QED) is 0.817. The lowest BCUT2D eigenvalue weighted by Gasteiger charge is -2.31. The van der Waals surface area contributed by atoms with Gasteiger partial charge in [-0.3, -0.25) is 4.79 Å². The number of amides is 1. The SMILES string of the molecule is O=C([O-])[C@H]1CCCC[C@@H]1C(=O)Nc1ccc(OCCc2ccccc2)cc1. The van der Waals surface area contributed by atoms with Crippen molar-refractivity contribution in [2.75, 3.05) is 11.9 Å². The van der Waals surface area contributed by atoms with Crippen LogP contribution in [0.15, 0.2) is 54.6 Å². The maximum Gasteiger partial charge on any atom is 0.228 e. The van der Waals surface area contributed by atoms with Crippen molar-refractivity contribution in [2.24, 2.45) is 11.8 Å². The molecule has 1 N–H and O–H groups in total. The number of hydrogen-bond acceptors (Lipinski definition) is 4. The summed E-state index contributed by atoms with van der Waals surface area (Å²) in [5.41, 5.74) is 1.86. The van der Waals surface area contributed by atoms with Crippen LogP contribution in [0.4, 0.5) is 5.69 Å². The summed E-state index contributed by atoms with van der Waals surface area (Å²) in [6.07, 6.45) is 3.62. The Kier molecular flexibility index (Phi) is 6.47. The Morgan fingerprint density at radius 1 is 0.963 bits per heavy atom. The second kappa shape index (κ2) is 9.21. The minimum absolute atomic E-state index is 0.248. The fourth-order valence-corrected chi connectivity index (χ4v) is 3.53. The average Bonchev–Trinajstić information content (AvgIpc) is 2.70. The Bertz CT molecular complexity index is 758. The maximum absolute atomic E-state index is 12.5. The number of carbonyl (C=O) groups is 2. The Hall–Kier alpha value is -2.82. The van der Waals surface area contributed by atoms with Crippen LogP contribution in [0, 0.1) is 11.8 Å². The number of carboxylic acid groups (broad SMARTS) is 1. The molecule has 2 aromatic carbocycles. The summed E-state index contributed by atoms with van der Waals surface area (Å²) in [7, 11) is 0. The zero-order valence-electron chi connectivity index (χ0n) is 15.2. The molecular weight excluding hydrogens is 342 g/mol. The summed E-state index contributed by atoms with van der Waals surface area (Å²) < 4.78 is 5.74. The number of nitrogens with one attached hydrogen (secondary N) is 1. The first-order valence-electron chi connectivity index (χ1n) is 9.42. The molecule has 0 aromatic heterocycles. The molecule has 1 aliphatic carbocycles. The molecule has 1 saturated carbocycles. The Labute approximate surface area is 159 Å². The normalized spacial score (nSPS) is 19.3. The smallest absolute Gasteiger partial charge is 0.228 e. The molecule has 0 bridgehead atoms. The third-order valence-electron chi connectivity index (χ3n) is 5.03. The number of rotatable bonds is 7. The lowest BCUT2D eigenvalue weighted by Crippen LogP contribution is -2.42. The van der Waals surface area contributed by atoms with Gasteiger partial charge in [0.15, 0.2) is 0 Å². The highest BCUT2D eigenvalue weighted by atomic mass is 16.5. The molecule has 1 fully saturated rings. The number of carbonyl (C=O) groups excluding carboxylic acids is 2. The molecule has 5 nitrogen and oxygen atoms in total. The van der Waals surface area contributed by atoms with E-state index in [9.17, 15) is 14.7 Å². The molecule has 0 saturated heterocycles. The van der Waals surface area contributed by atoms with Gasteiger partial charge in [0.05, 0.1) is 6.61 Å². The summed E-state index contributed by atoms with van der Waals surface area (Å²) >= 11 is 0. The van der Waals surface area contributed by atoms with Crippen LogP contribution < -0.4 is 15.2 Å². The van der Waals surface area contributed by atoms with Crippen molar-refractivity contribution in [2.45, 2.75) is 32.1 Å². The van der Waals surface area contributed by atoms with Crippen LogP contribution >= 0.6 is 0 Å². The topological polar surface area (TPSA) is 78.5 Å². The Morgan fingerprint density at radius 3 is 2.30 bits per heavy atom. The van der Waals surface area contributed by atoms with E-state index in [0.29, 0.717) is 25.1 Å². The van der Waals surface area contributed by atoms with Crippen LogP contribution in [-0.2, 0) is 16.0 Å². The van der Waals surface area contributed by atoms with E-state index in [1.807, 2.05) is 18.2 Å². The number of benzene rings is 2. The van der Waals surface area contributed by atoms with Crippen LogP contribution in [0.3, 0.4) is 0 Å². The second-order valence-corrected chi connectivity index (χ2v) is 6.91. The van der Waals surface area contributed by atoms with Crippen LogP contribution in [0.2, 0.25) is 0 Å². The summed E-state index contributed by atoms with van der Waals surface area (Å²) in [5, 5.41) is 14.1. The van der Waals surface area contributed by atoms with Gasteiger partial charge in [0, 0.05) is 29.9 Å². The van der Waals surface area contributed by atoms with Gasteiger partial charge < -0.3 is 20.0 Å². The first-order valence-corrected chi connectivity index (χ1v) is 9.42. The lowest BCUT2D eigenvalue weighted by atomic mass is 9.78. The molecule has 2 atom stereocenters. The monoisotopic (exact) mass is 366 g/mol. The minimum Gasteiger partial charge on any atom is -0.550 e. The first kappa shape index (κ1) is 19.0. The largest absolute Gasteiger partial charge is 0.550 e. The van der Waals surface area contributed by atoms with E-state index < -0.39 is 17.8 Å². The second-order valence-electron chi connectivity index (χ2n) is 6.91. The van der Waals surface area contributed by atoms with Crippen molar-refractivity contribution in [1.29, 1.82) is 0 Å². The van der Waals surface area contributed by atoms with Gasteiger partial charge in [0.2, 0.25) is 5.91 Å². The van der Waals surface area contributed by atoms with Crippen LogP contribution in [-0.4, -0.2) is 18.5 Å². The Balaban J connectivity index is 1.51. The molecule has 1 aliphatic rings. The fraction of sp³-hybridized carbons (Fsp3) is 0.364. The highest BCUT2D eigenvalue weighted by molar-refractivity contribution is 5.95. The van der Waals surface area contributed by atoms with Crippen LogP contribution in [0.25, 0.3) is 0 Å². The zero-order valence-corrected chi connectivity index (χ0v) is 15.2. The van der Waals surface area contributed by atoms with E-state index >= 15 is 0 Å². The Morgan fingerprint density at radius 2 is 1.63 bits per heavy atom. The van der Waals surface area contributed by atoms with Crippen LogP contribution in [0.5, 0.6) is 5.75 Å². The molecule has 27 heavy (non-hydrogen) atoms. The average molecular weight is 366 g/mol. The highest BCUT2D eigenvalue weighted by Crippen LogP contribution is 2.31. The molecule has 142 valence electrons. The molecule has 0 aliphatic heterocycles. The molecule has 0 unspecified atom stereocenters. The predicted octanol–water partition coefficient (Wildman–Crippen LogP) is 2.80. The molecule has 3 rings (SSSR count). The first-order chi connectivity index (χ1) is 13.1. The molecule has 2 aromatic rings. The van der Waals surface area contributed by atoms with Crippen molar-refractivity contribution in [3.8, 4) is 5.75 Å². The number of anilines is 1. The molecular formula is C22H24NO4-. The molecule has 0 spiro atoms. The van der Waals surface area contributed by atoms with E-state index in [4.69, 9.17) is 4.74 Å². The summed E-state index contributed by atoms with van der Waals surface area (Å²) in [6.45, 7) is 0.574. The van der Waals surface area contributed by atoms with Gasteiger partial charge in [-0.25, -0.2) is 0 Å². The van der Waals surface area contributed by atoms with E-state index in [-0.39, 0.29) is 5.91 Å². The summed E-state index contributed by atoms with van der Waals surface area (Å²) in [6, 6.07) is 17.3. The number of ether oxygens (including phenoxy) is 1. The van der Waals surface area contributed by atoms with Gasteiger partial charge in [-0.15, -0.1) is 0 Å². The third kappa shape index (κ3) is 5.33. The minimum atomic E-state index is -1.13. The fourth-order valence-electron chi connectivity index (χ4n) is 3.53. The maximum atomic E-state index is 12.5. The zero-order chi connectivity index (χ0) is 19.1. The third-order valence-corrected chi connectivity index (χ3v) is 5.03. The summed E-state index contributed by atoms with van der Waals surface area (Å²) in [5.74, 6) is -1.86. The molecule has 0 heterocycles. The van der Waals surface area contributed by atoms with Gasteiger partial charge >= 0.3 is 0 Å². The van der Waals surface area contributed by atoms with Crippen molar-refractivity contribution < 1.29 is 19.4 Å². The molecule has 0 radical (unpaired) electrons. The highest BCUT2D eigenvalue weighted by Gasteiger charge is 2.31. The van der Waals surface area contributed by atoms with Crippen molar-refractivity contribution in [1.82, 2.24) is 0 Å². The standard InChI is InChI=1S/C22H25NO4/c24-21(19-8-4-5-9-20(19)22(25)26)23-17-10-12-18(13-11-17)27-15-14-16-6-2-1-3-7-16/h1-3,6-7,10-13,19-20H,4-5,8-9,14-15H2,(H,23,24)(H,25,26)/p-1/t19-,20-/m0/s1. The molecule has 5 heteroatoms. The van der Waals surface area contributed by atoms with E-state index in [1.165, 1.54) is 5.56 Å². The number of hydrogen-bond donors (Lipinski definition) is 1. The van der Waals surface area contributed by atoms with E-state index in [2.05, 4.69) is 17.4 Å². The van der Waals surface area contributed by atoms with Crippen molar-refractivity contribution in [3.05, 3.63) is 60.2 Å². The van der Waals surface area contributed by atoms with Gasteiger partial charge in [-0.2, -0.15) is 0 Å². The number of aliphatic carboxylic acids is 1. The van der Waals surface area contributed by atoms with Gasteiger partial charge in [-0.05, 0) is 42.7 Å². The molecule has 1 amide bonds. The van der Waals surface area contributed by atoms with E-state index in [0.717, 1.165) is 25.0 Å². The van der Waals surface area contributed by atoms with Crippen molar-refractivity contribution >= 4 is 17.6 Å². The lowest BCUT2D eigenvalue weighted by molar-refractivity contribution is -0.313.